The van der Waals surface area contributed by atoms with E-state index in [9.17, 15) is 5.11 Å². The highest BCUT2D eigenvalue weighted by atomic mass is 32.2. The SMILES string of the molecule is CCCNCc1ccc(CSCC(O)CO)o1. The predicted molar refractivity (Wildman–Crippen MR) is 70.0 cm³/mol. The van der Waals surface area contributed by atoms with Gasteiger partial charge in [0.05, 0.1) is 25.0 Å². The fourth-order valence-corrected chi connectivity index (χ4v) is 2.18. The second-order valence-electron chi connectivity index (χ2n) is 3.90. The van der Waals surface area contributed by atoms with Gasteiger partial charge in [-0.2, -0.15) is 11.8 Å². The fraction of sp³-hybridized carbons (Fsp3) is 0.667. The van der Waals surface area contributed by atoms with Gasteiger partial charge in [0.15, 0.2) is 0 Å². The Labute approximate surface area is 106 Å². The van der Waals surface area contributed by atoms with Crippen molar-refractivity contribution in [3.05, 3.63) is 23.7 Å². The molecule has 0 aliphatic carbocycles. The topological polar surface area (TPSA) is 65.6 Å². The molecule has 1 aromatic heterocycles. The van der Waals surface area contributed by atoms with Crippen LogP contribution in [0, 0.1) is 0 Å². The Morgan fingerprint density at radius 1 is 1.41 bits per heavy atom. The summed E-state index contributed by atoms with van der Waals surface area (Å²) < 4.78 is 5.62. The van der Waals surface area contributed by atoms with E-state index in [-0.39, 0.29) is 6.61 Å². The van der Waals surface area contributed by atoms with Gasteiger partial charge in [-0.05, 0) is 25.1 Å². The minimum absolute atomic E-state index is 0.183. The van der Waals surface area contributed by atoms with Crippen LogP contribution in [0.25, 0.3) is 0 Å². The Kier molecular flexibility index (Phi) is 7.35. The molecular formula is C12H21NO3S. The average molecular weight is 259 g/mol. The summed E-state index contributed by atoms with van der Waals surface area (Å²) in [6.07, 6.45) is 0.475. The van der Waals surface area contributed by atoms with Gasteiger partial charge in [-0.1, -0.05) is 6.92 Å². The predicted octanol–water partition coefficient (Wildman–Crippen LogP) is 1.37. The lowest BCUT2D eigenvalue weighted by Crippen LogP contribution is -2.14. The molecular weight excluding hydrogens is 238 g/mol. The minimum atomic E-state index is -0.638. The van der Waals surface area contributed by atoms with E-state index >= 15 is 0 Å². The van der Waals surface area contributed by atoms with E-state index in [2.05, 4.69) is 12.2 Å². The molecule has 3 N–H and O–H groups in total. The summed E-state index contributed by atoms with van der Waals surface area (Å²) >= 11 is 1.56. The molecule has 0 aliphatic heterocycles. The smallest absolute Gasteiger partial charge is 0.117 e. The molecule has 0 radical (unpaired) electrons. The Morgan fingerprint density at radius 2 is 2.18 bits per heavy atom. The van der Waals surface area contributed by atoms with E-state index in [1.807, 2.05) is 12.1 Å². The molecule has 0 bridgehead atoms. The number of thioether (sulfide) groups is 1. The number of aliphatic hydroxyl groups excluding tert-OH is 2. The number of nitrogens with one attached hydrogen (secondary N) is 1. The van der Waals surface area contributed by atoms with Crippen LogP contribution in [-0.2, 0) is 12.3 Å². The highest BCUT2D eigenvalue weighted by Gasteiger charge is 2.05. The maximum Gasteiger partial charge on any atom is 0.117 e. The van der Waals surface area contributed by atoms with Crippen LogP contribution in [0.4, 0.5) is 0 Å². The van der Waals surface area contributed by atoms with Crippen molar-refractivity contribution in [3.63, 3.8) is 0 Å². The summed E-state index contributed by atoms with van der Waals surface area (Å²) in [6.45, 7) is 3.70. The zero-order valence-electron chi connectivity index (χ0n) is 10.2. The van der Waals surface area contributed by atoms with E-state index < -0.39 is 6.10 Å². The molecule has 0 aromatic carbocycles. The van der Waals surface area contributed by atoms with Gasteiger partial charge in [-0.15, -0.1) is 0 Å². The van der Waals surface area contributed by atoms with Crippen LogP contribution in [0.3, 0.4) is 0 Å². The third-order valence-corrected chi connectivity index (χ3v) is 3.32. The second-order valence-corrected chi connectivity index (χ2v) is 4.93. The molecule has 0 fully saturated rings. The number of rotatable bonds is 9. The van der Waals surface area contributed by atoms with Gasteiger partial charge >= 0.3 is 0 Å². The van der Waals surface area contributed by atoms with Crippen molar-refractivity contribution in [1.82, 2.24) is 5.32 Å². The molecule has 0 amide bonds. The van der Waals surface area contributed by atoms with Crippen LogP contribution in [0.15, 0.2) is 16.5 Å². The summed E-state index contributed by atoms with van der Waals surface area (Å²) in [6, 6.07) is 3.93. The molecule has 0 saturated carbocycles. The van der Waals surface area contributed by atoms with Crippen molar-refractivity contribution < 1.29 is 14.6 Å². The Hall–Kier alpha value is -0.490. The molecule has 1 unspecified atom stereocenters. The summed E-state index contributed by atoms with van der Waals surface area (Å²) in [5.41, 5.74) is 0. The molecule has 0 spiro atoms. The van der Waals surface area contributed by atoms with Crippen LogP contribution in [-0.4, -0.2) is 35.2 Å². The number of hydrogen-bond donors (Lipinski definition) is 3. The van der Waals surface area contributed by atoms with Crippen LogP contribution in [0.5, 0.6) is 0 Å². The van der Waals surface area contributed by atoms with Crippen molar-refractivity contribution in [2.24, 2.45) is 0 Å². The third-order valence-electron chi connectivity index (χ3n) is 2.21. The first-order chi connectivity index (χ1) is 8.26. The molecule has 4 nitrogen and oxygen atoms in total. The van der Waals surface area contributed by atoms with Gasteiger partial charge in [0.2, 0.25) is 0 Å². The van der Waals surface area contributed by atoms with Crippen molar-refractivity contribution in [2.45, 2.75) is 31.7 Å². The third kappa shape index (κ3) is 6.12. The molecule has 1 heterocycles. The fourth-order valence-electron chi connectivity index (χ4n) is 1.33. The van der Waals surface area contributed by atoms with E-state index in [1.165, 1.54) is 0 Å². The number of hydrogen-bond acceptors (Lipinski definition) is 5. The Morgan fingerprint density at radius 3 is 2.88 bits per heavy atom. The van der Waals surface area contributed by atoms with Crippen molar-refractivity contribution in [3.8, 4) is 0 Å². The van der Waals surface area contributed by atoms with Gasteiger partial charge in [-0.3, -0.25) is 0 Å². The van der Waals surface area contributed by atoms with Crippen molar-refractivity contribution in [2.75, 3.05) is 18.9 Å². The standard InChI is InChI=1S/C12H21NO3S/c1-2-5-13-6-11-3-4-12(16-11)9-17-8-10(15)7-14/h3-4,10,13-15H,2,5-9H2,1H3. The Bertz CT molecular complexity index is 304. The summed E-state index contributed by atoms with van der Waals surface area (Å²) in [4.78, 5) is 0. The van der Waals surface area contributed by atoms with Gasteiger partial charge in [0.25, 0.3) is 0 Å². The van der Waals surface area contributed by atoms with E-state index in [4.69, 9.17) is 9.52 Å². The monoisotopic (exact) mass is 259 g/mol. The van der Waals surface area contributed by atoms with Gasteiger partial charge < -0.3 is 19.9 Å². The second kappa shape index (κ2) is 8.58. The van der Waals surface area contributed by atoms with Crippen molar-refractivity contribution >= 4 is 11.8 Å². The molecule has 17 heavy (non-hydrogen) atoms. The maximum absolute atomic E-state index is 9.17. The summed E-state index contributed by atoms with van der Waals surface area (Å²) in [7, 11) is 0. The first-order valence-corrected chi connectivity index (χ1v) is 7.06. The quantitative estimate of drug-likeness (QED) is 0.584. The lowest BCUT2D eigenvalue weighted by atomic mass is 10.4. The largest absolute Gasteiger partial charge is 0.464 e. The van der Waals surface area contributed by atoms with E-state index in [0.29, 0.717) is 5.75 Å². The highest BCUT2D eigenvalue weighted by molar-refractivity contribution is 7.98. The molecule has 5 heteroatoms. The molecule has 1 atom stereocenters. The zero-order valence-corrected chi connectivity index (χ0v) is 11.0. The zero-order chi connectivity index (χ0) is 12.5. The highest BCUT2D eigenvalue weighted by Crippen LogP contribution is 2.16. The summed E-state index contributed by atoms with van der Waals surface area (Å²) in [5.74, 6) is 3.11. The maximum atomic E-state index is 9.17. The molecule has 1 rings (SSSR count). The first kappa shape index (κ1) is 14.6. The molecule has 98 valence electrons. The van der Waals surface area contributed by atoms with Crippen LogP contribution in [0.2, 0.25) is 0 Å². The first-order valence-electron chi connectivity index (χ1n) is 5.91. The van der Waals surface area contributed by atoms with Crippen molar-refractivity contribution in [1.29, 1.82) is 0 Å². The molecule has 0 saturated heterocycles. The van der Waals surface area contributed by atoms with Crippen LogP contribution < -0.4 is 5.32 Å². The van der Waals surface area contributed by atoms with Crippen LogP contribution >= 0.6 is 11.8 Å². The molecule has 0 aliphatic rings. The summed E-state index contributed by atoms with van der Waals surface area (Å²) in [5, 5.41) is 21.1. The minimum Gasteiger partial charge on any atom is -0.464 e. The van der Waals surface area contributed by atoms with E-state index in [0.717, 1.165) is 36.8 Å². The Balaban J connectivity index is 2.21. The van der Waals surface area contributed by atoms with E-state index in [1.54, 1.807) is 11.8 Å². The average Bonchev–Trinajstić information content (AvgIpc) is 2.77. The van der Waals surface area contributed by atoms with Crippen LogP contribution in [0.1, 0.15) is 24.9 Å². The number of aliphatic hydroxyl groups is 2. The number of furan rings is 1. The van der Waals surface area contributed by atoms with Gasteiger partial charge in [-0.25, -0.2) is 0 Å². The normalized spacial score (nSPS) is 12.9. The van der Waals surface area contributed by atoms with Gasteiger partial charge in [0.1, 0.15) is 11.5 Å². The molecule has 1 aromatic rings. The lowest BCUT2D eigenvalue weighted by molar-refractivity contribution is 0.113. The lowest BCUT2D eigenvalue weighted by Gasteiger charge is -2.04. The van der Waals surface area contributed by atoms with Gasteiger partial charge in [0, 0.05) is 5.75 Å².